The molecule has 0 bridgehead atoms. The molecule has 0 saturated carbocycles. The van der Waals surface area contributed by atoms with Gasteiger partial charge in [0.1, 0.15) is 11.0 Å². The molecule has 0 N–H and O–H groups in total. The number of hydrogen-bond acceptors (Lipinski definition) is 6. The Morgan fingerprint density at radius 2 is 1.59 bits per heavy atom. The number of aromatic nitrogens is 6. The second-order valence-electron chi connectivity index (χ2n) is 8.59. The maximum absolute atomic E-state index is 6.11. The highest BCUT2D eigenvalue weighted by Crippen LogP contribution is 2.37. The number of rotatable bonds is 7. The van der Waals surface area contributed by atoms with Gasteiger partial charge >= 0.3 is 0 Å². The first kappa shape index (κ1) is 20.8. The van der Waals surface area contributed by atoms with Gasteiger partial charge in [-0.3, -0.25) is 0 Å². The van der Waals surface area contributed by atoms with Crippen molar-refractivity contribution >= 4 is 27.8 Å². The molecule has 1 aliphatic rings. The Morgan fingerprint density at radius 3 is 2.44 bits per heavy atom. The summed E-state index contributed by atoms with van der Waals surface area (Å²) in [5, 5.41) is 17.6. The SMILES string of the molecule is CCOC(CCN1CCC(n2nnc3ccccc32)c2ccccc21)n1nnc2ccccc21. The molecule has 0 radical (unpaired) electrons. The smallest absolute Gasteiger partial charge is 0.154 e. The summed E-state index contributed by atoms with van der Waals surface area (Å²) in [4.78, 5) is 2.45. The van der Waals surface area contributed by atoms with Crippen molar-refractivity contribution in [1.29, 1.82) is 0 Å². The van der Waals surface area contributed by atoms with E-state index in [0.717, 1.165) is 48.0 Å². The van der Waals surface area contributed by atoms with Crippen LogP contribution in [0.3, 0.4) is 0 Å². The van der Waals surface area contributed by atoms with Gasteiger partial charge in [-0.1, -0.05) is 52.9 Å². The van der Waals surface area contributed by atoms with Crippen LogP contribution in [0.2, 0.25) is 0 Å². The van der Waals surface area contributed by atoms with E-state index in [1.165, 1.54) is 11.3 Å². The topological polar surface area (TPSA) is 73.9 Å². The third-order valence-corrected chi connectivity index (χ3v) is 6.64. The molecule has 2 atom stereocenters. The van der Waals surface area contributed by atoms with Crippen LogP contribution in [0.1, 0.15) is 37.6 Å². The first-order valence-corrected chi connectivity index (χ1v) is 11.9. The zero-order chi connectivity index (χ0) is 22.9. The molecule has 8 heteroatoms. The van der Waals surface area contributed by atoms with Crippen molar-refractivity contribution in [3.63, 3.8) is 0 Å². The van der Waals surface area contributed by atoms with Crippen LogP contribution >= 0.6 is 0 Å². The van der Waals surface area contributed by atoms with E-state index in [1.807, 2.05) is 54.1 Å². The van der Waals surface area contributed by atoms with Gasteiger partial charge in [0.05, 0.1) is 17.1 Å². The molecule has 0 spiro atoms. The van der Waals surface area contributed by atoms with Crippen LogP contribution in [-0.2, 0) is 4.74 Å². The summed E-state index contributed by atoms with van der Waals surface area (Å²) in [7, 11) is 0. The van der Waals surface area contributed by atoms with E-state index in [9.17, 15) is 0 Å². The molecule has 3 heterocycles. The average Bonchev–Trinajstić information content (AvgIpc) is 3.51. The number of benzene rings is 3. The lowest BCUT2D eigenvalue weighted by Crippen LogP contribution is -2.35. The van der Waals surface area contributed by atoms with Crippen molar-refractivity contribution < 1.29 is 4.74 Å². The highest BCUT2D eigenvalue weighted by Gasteiger charge is 2.28. The van der Waals surface area contributed by atoms with Gasteiger partial charge in [-0.25, -0.2) is 9.36 Å². The van der Waals surface area contributed by atoms with Gasteiger partial charge in [-0.2, -0.15) is 0 Å². The van der Waals surface area contributed by atoms with Crippen LogP contribution in [-0.4, -0.2) is 49.7 Å². The lowest BCUT2D eigenvalue weighted by atomic mass is 9.96. The van der Waals surface area contributed by atoms with E-state index in [0.29, 0.717) is 6.61 Å². The van der Waals surface area contributed by atoms with Crippen LogP contribution in [0.25, 0.3) is 22.1 Å². The van der Waals surface area contributed by atoms with Crippen molar-refractivity contribution in [2.75, 3.05) is 24.6 Å². The second-order valence-corrected chi connectivity index (χ2v) is 8.59. The lowest BCUT2D eigenvalue weighted by Gasteiger charge is -2.36. The molecule has 0 amide bonds. The van der Waals surface area contributed by atoms with Gasteiger partial charge in [0.25, 0.3) is 0 Å². The van der Waals surface area contributed by atoms with Crippen molar-refractivity contribution in [3.05, 3.63) is 78.4 Å². The number of ether oxygens (including phenoxy) is 1. The molecular formula is C26H27N7O. The predicted molar refractivity (Wildman–Crippen MR) is 132 cm³/mol. The molecule has 2 aromatic heterocycles. The molecule has 0 aliphatic carbocycles. The fraction of sp³-hybridized carbons (Fsp3) is 0.308. The average molecular weight is 454 g/mol. The predicted octanol–water partition coefficient (Wildman–Crippen LogP) is 4.60. The highest BCUT2D eigenvalue weighted by molar-refractivity contribution is 5.75. The standard InChI is InChI=1S/C26H27N7O/c1-2-34-26(33-25-14-8-5-11-21(25)28-30-33)16-18-31-17-15-23(19-9-3-6-12-22(19)31)32-24-13-7-4-10-20(24)27-29-32/h3-14,23,26H,2,15-18H2,1H3. The summed E-state index contributed by atoms with van der Waals surface area (Å²) >= 11 is 0. The lowest BCUT2D eigenvalue weighted by molar-refractivity contribution is -0.00119. The fourth-order valence-corrected chi connectivity index (χ4v) is 5.05. The number of para-hydroxylation sites is 3. The molecule has 1 aliphatic heterocycles. The minimum Gasteiger partial charge on any atom is -0.371 e. The Morgan fingerprint density at radius 1 is 0.882 bits per heavy atom. The van der Waals surface area contributed by atoms with Crippen molar-refractivity contribution in [1.82, 2.24) is 30.0 Å². The van der Waals surface area contributed by atoms with E-state index in [2.05, 4.69) is 60.5 Å². The summed E-state index contributed by atoms with van der Waals surface area (Å²) in [6.45, 7) is 4.44. The summed E-state index contributed by atoms with van der Waals surface area (Å²) < 4.78 is 10.1. The minimum atomic E-state index is -0.165. The van der Waals surface area contributed by atoms with E-state index < -0.39 is 0 Å². The molecule has 3 aromatic carbocycles. The molecule has 5 aromatic rings. The maximum Gasteiger partial charge on any atom is 0.154 e. The molecule has 0 fully saturated rings. The minimum absolute atomic E-state index is 0.165. The zero-order valence-electron chi connectivity index (χ0n) is 19.2. The molecule has 0 saturated heterocycles. The van der Waals surface area contributed by atoms with Crippen molar-refractivity contribution in [3.8, 4) is 0 Å². The quantitative estimate of drug-likeness (QED) is 0.359. The first-order valence-electron chi connectivity index (χ1n) is 11.9. The molecule has 172 valence electrons. The Hall–Kier alpha value is -3.78. The number of fused-ring (bicyclic) bond motifs is 3. The van der Waals surface area contributed by atoms with E-state index in [1.54, 1.807) is 0 Å². The van der Waals surface area contributed by atoms with Gasteiger partial charge in [0.15, 0.2) is 6.23 Å². The van der Waals surface area contributed by atoms with Crippen molar-refractivity contribution in [2.24, 2.45) is 0 Å². The molecule has 6 rings (SSSR count). The van der Waals surface area contributed by atoms with Crippen molar-refractivity contribution in [2.45, 2.75) is 32.0 Å². The molecule has 34 heavy (non-hydrogen) atoms. The molecule has 8 nitrogen and oxygen atoms in total. The third kappa shape index (κ3) is 3.60. The Labute approximate surface area is 197 Å². The zero-order valence-corrected chi connectivity index (χ0v) is 19.2. The number of hydrogen-bond donors (Lipinski definition) is 0. The second kappa shape index (κ2) is 8.87. The van der Waals surface area contributed by atoms with Crippen LogP contribution in [0, 0.1) is 0 Å². The summed E-state index contributed by atoms with van der Waals surface area (Å²) in [6, 6.07) is 25.0. The summed E-state index contributed by atoms with van der Waals surface area (Å²) in [5.41, 5.74) is 6.42. The summed E-state index contributed by atoms with van der Waals surface area (Å²) in [5.74, 6) is 0. The van der Waals surface area contributed by atoms with Gasteiger partial charge < -0.3 is 9.64 Å². The van der Waals surface area contributed by atoms with Gasteiger partial charge in [-0.15, -0.1) is 10.2 Å². The number of anilines is 1. The van der Waals surface area contributed by atoms with E-state index in [-0.39, 0.29) is 12.3 Å². The van der Waals surface area contributed by atoms with Crippen LogP contribution in [0.15, 0.2) is 72.8 Å². The Kier molecular flexibility index (Phi) is 5.43. The monoisotopic (exact) mass is 453 g/mol. The fourth-order valence-electron chi connectivity index (χ4n) is 5.05. The first-order chi connectivity index (χ1) is 16.8. The van der Waals surface area contributed by atoms with Crippen LogP contribution in [0.4, 0.5) is 5.69 Å². The largest absolute Gasteiger partial charge is 0.371 e. The third-order valence-electron chi connectivity index (χ3n) is 6.64. The van der Waals surface area contributed by atoms with Crippen LogP contribution < -0.4 is 4.90 Å². The van der Waals surface area contributed by atoms with Gasteiger partial charge in [0.2, 0.25) is 0 Å². The Bertz CT molecular complexity index is 1430. The van der Waals surface area contributed by atoms with Gasteiger partial charge in [0, 0.05) is 37.4 Å². The molecule has 2 unspecified atom stereocenters. The van der Waals surface area contributed by atoms with Crippen LogP contribution in [0.5, 0.6) is 0 Å². The Balaban J connectivity index is 1.27. The van der Waals surface area contributed by atoms with E-state index >= 15 is 0 Å². The van der Waals surface area contributed by atoms with Gasteiger partial charge in [-0.05, 0) is 43.7 Å². The summed E-state index contributed by atoms with van der Waals surface area (Å²) in [6.07, 6.45) is 1.61. The normalized spacial score (nSPS) is 16.7. The number of nitrogens with zero attached hydrogens (tertiary/aromatic N) is 7. The molecular weight excluding hydrogens is 426 g/mol. The van der Waals surface area contributed by atoms with E-state index in [4.69, 9.17) is 4.74 Å². The maximum atomic E-state index is 6.11. The highest BCUT2D eigenvalue weighted by atomic mass is 16.5.